The molecule has 0 spiro atoms. The van der Waals surface area contributed by atoms with Crippen molar-refractivity contribution in [2.45, 2.75) is 25.4 Å². The Labute approximate surface area is 124 Å². The highest BCUT2D eigenvalue weighted by Gasteiger charge is 2.34. The van der Waals surface area contributed by atoms with E-state index in [1.165, 1.54) is 5.56 Å². The molecule has 20 heavy (non-hydrogen) atoms. The number of hydrogen-bond acceptors (Lipinski definition) is 2. The summed E-state index contributed by atoms with van der Waals surface area (Å²) in [5.74, 6) is 0. The van der Waals surface area contributed by atoms with Crippen molar-refractivity contribution >= 4 is 17.3 Å². The fourth-order valence-corrected chi connectivity index (χ4v) is 2.72. The van der Waals surface area contributed by atoms with Gasteiger partial charge in [-0.15, -0.1) is 0 Å². The van der Waals surface area contributed by atoms with Gasteiger partial charge in [-0.25, -0.2) is 0 Å². The SMILES string of the molecule is CC1(Cc2ccccc2)CC(c2cccc(Cl)c2)=NO1. The van der Waals surface area contributed by atoms with E-state index in [4.69, 9.17) is 16.4 Å². The summed E-state index contributed by atoms with van der Waals surface area (Å²) in [7, 11) is 0. The first-order valence-corrected chi connectivity index (χ1v) is 7.07. The number of nitrogens with zero attached hydrogens (tertiary/aromatic N) is 1. The van der Waals surface area contributed by atoms with Crippen LogP contribution in [0.3, 0.4) is 0 Å². The van der Waals surface area contributed by atoms with Crippen LogP contribution in [-0.2, 0) is 11.3 Å². The summed E-state index contributed by atoms with van der Waals surface area (Å²) in [6.45, 7) is 2.10. The average molecular weight is 286 g/mol. The smallest absolute Gasteiger partial charge is 0.144 e. The maximum absolute atomic E-state index is 6.03. The van der Waals surface area contributed by atoms with Gasteiger partial charge in [-0.3, -0.25) is 0 Å². The highest BCUT2D eigenvalue weighted by molar-refractivity contribution is 6.31. The summed E-state index contributed by atoms with van der Waals surface area (Å²) in [6, 6.07) is 18.1. The van der Waals surface area contributed by atoms with Crippen LogP contribution in [0.1, 0.15) is 24.5 Å². The van der Waals surface area contributed by atoms with Crippen molar-refractivity contribution in [3.8, 4) is 0 Å². The van der Waals surface area contributed by atoms with Gasteiger partial charge < -0.3 is 4.84 Å². The number of benzene rings is 2. The van der Waals surface area contributed by atoms with Gasteiger partial charge in [0, 0.05) is 23.4 Å². The number of hydrogen-bond donors (Lipinski definition) is 0. The standard InChI is InChI=1S/C17H16ClNO/c1-17(11-13-6-3-2-4-7-13)12-16(19-20-17)14-8-5-9-15(18)10-14/h2-10H,11-12H2,1H3. The lowest BCUT2D eigenvalue weighted by Gasteiger charge is -2.21. The van der Waals surface area contributed by atoms with Crippen LogP contribution in [0.15, 0.2) is 59.8 Å². The molecule has 0 radical (unpaired) electrons. The quantitative estimate of drug-likeness (QED) is 0.815. The fourth-order valence-electron chi connectivity index (χ4n) is 2.53. The Morgan fingerprint density at radius 3 is 2.70 bits per heavy atom. The summed E-state index contributed by atoms with van der Waals surface area (Å²) in [5.41, 5.74) is 2.98. The van der Waals surface area contributed by atoms with Crippen LogP contribution in [0.2, 0.25) is 5.02 Å². The van der Waals surface area contributed by atoms with Crippen molar-refractivity contribution in [1.29, 1.82) is 0 Å². The average Bonchev–Trinajstić information content (AvgIpc) is 2.82. The van der Waals surface area contributed by atoms with Crippen molar-refractivity contribution in [2.75, 3.05) is 0 Å². The molecule has 2 aromatic rings. The Bertz CT molecular complexity index is 638. The molecule has 1 aliphatic rings. The molecule has 2 nitrogen and oxygen atoms in total. The molecular weight excluding hydrogens is 270 g/mol. The van der Waals surface area contributed by atoms with Crippen LogP contribution < -0.4 is 0 Å². The Kier molecular flexibility index (Phi) is 3.49. The Morgan fingerprint density at radius 1 is 1.15 bits per heavy atom. The molecule has 0 N–H and O–H groups in total. The van der Waals surface area contributed by atoms with Crippen LogP contribution in [0, 0.1) is 0 Å². The molecular formula is C17H16ClNO. The lowest BCUT2D eigenvalue weighted by Crippen LogP contribution is -2.27. The zero-order chi connectivity index (χ0) is 14.0. The van der Waals surface area contributed by atoms with Gasteiger partial charge in [0.1, 0.15) is 5.60 Å². The number of rotatable bonds is 3. The van der Waals surface area contributed by atoms with E-state index in [0.29, 0.717) is 0 Å². The van der Waals surface area contributed by atoms with E-state index >= 15 is 0 Å². The molecule has 1 heterocycles. The lowest BCUT2D eigenvalue weighted by atomic mass is 9.90. The monoisotopic (exact) mass is 285 g/mol. The molecule has 1 unspecified atom stereocenters. The third-order valence-corrected chi connectivity index (χ3v) is 3.73. The van der Waals surface area contributed by atoms with Gasteiger partial charge in [0.2, 0.25) is 0 Å². The molecule has 0 aliphatic carbocycles. The van der Waals surface area contributed by atoms with Crippen molar-refractivity contribution < 1.29 is 4.84 Å². The second-order valence-electron chi connectivity index (χ2n) is 5.43. The summed E-state index contributed by atoms with van der Waals surface area (Å²) < 4.78 is 0. The van der Waals surface area contributed by atoms with Crippen LogP contribution >= 0.6 is 11.6 Å². The zero-order valence-corrected chi connectivity index (χ0v) is 12.1. The predicted molar refractivity (Wildman–Crippen MR) is 82.2 cm³/mol. The first-order valence-electron chi connectivity index (χ1n) is 6.70. The van der Waals surface area contributed by atoms with Crippen molar-refractivity contribution in [3.63, 3.8) is 0 Å². The summed E-state index contributed by atoms with van der Waals surface area (Å²) in [4.78, 5) is 5.70. The minimum atomic E-state index is -0.279. The molecule has 0 aromatic heterocycles. The van der Waals surface area contributed by atoms with E-state index in [0.717, 1.165) is 29.1 Å². The Balaban J connectivity index is 1.75. The predicted octanol–water partition coefficient (Wildman–Crippen LogP) is 4.47. The Morgan fingerprint density at radius 2 is 1.95 bits per heavy atom. The lowest BCUT2D eigenvalue weighted by molar-refractivity contribution is -0.00282. The normalized spacial score (nSPS) is 21.4. The first-order chi connectivity index (χ1) is 9.65. The van der Waals surface area contributed by atoms with Gasteiger partial charge in [0.15, 0.2) is 0 Å². The first kappa shape index (κ1) is 13.2. The van der Waals surface area contributed by atoms with Crippen molar-refractivity contribution in [2.24, 2.45) is 5.16 Å². The van der Waals surface area contributed by atoms with Gasteiger partial charge in [-0.05, 0) is 24.6 Å². The maximum Gasteiger partial charge on any atom is 0.144 e. The molecule has 0 saturated heterocycles. The second kappa shape index (κ2) is 5.29. The van der Waals surface area contributed by atoms with Crippen molar-refractivity contribution in [3.05, 3.63) is 70.7 Å². The highest BCUT2D eigenvalue weighted by Crippen LogP contribution is 2.30. The molecule has 2 aromatic carbocycles. The van der Waals surface area contributed by atoms with Gasteiger partial charge in [0.25, 0.3) is 0 Å². The molecule has 1 aliphatic heterocycles. The summed E-state index contributed by atoms with van der Waals surface area (Å²) in [5, 5.41) is 4.98. The van der Waals surface area contributed by atoms with Crippen LogP contribution in [-0.4, -0.2) is 11.3 Å². The largest absolute Gasteiger partial charge is 0.388 e. The summed E-state index contributed by atoms with van der Waals surface area (Å²) in [6.07, 6.45) is 1.64. The van der Waals surface area contributed by atoms with E-state index in [1.807, 2.05) is 42.5 Å². The van der Waals surface area contributed by atoms with Gasteiger partial charge in [0.05, 0.1) is 5.71 Å². The van der Waals surface area contributed by atoms with Crippen LogP contribution in [0.5, 0.6) is 0 Å². The van der Waals surface area contributed by atoms with Gasteiger partial charge >= 0.3 is 0 Å². The Hall–Kier alpha value is -1.80. The van der Waals surface area contributed by atoms with E-state index in [9.17, 15) is 0 Å². The molecule has 3 heteroatoms. The third kappa shape index (κ3) is 2.86. The van der Waals surface area contributed by atoms with Gasteiger partial charge in [-0.1, -0.05) is 59.2 Å². The van der Waals surface area contributed by atoms with Crippen LogP contribution in [0.4, 0.5) is 0 Å². The molecule has 3 rings (SSSR count). The van der Waals surface area contributed by atoms with Crippen LogP contribution in [0.25, 0.3) is 0 Å². The van der Waals surface area contributed by atoms with E-state index in [-0.39, 0.29) is 5.60 Å². The minimum Gasteiger partial charge on any atom is -0.388 e. The highest BCUT2D eigenvalue weighted by atomic mass is 35.5. The minimum absolute atomic E-state index is 0.279. The van der Waals surface area contributed by atoms with E-state index in [1.54, 1.807) is 0 Å². The number of halogens is 1. The topological polar surface area (TPSA) is 21.6 Å². The van der Waals surface area contributed by atoms with E-state index in [2.05, 4.69) is 24.2 Å². The molecule has 0 bridgehead atoms. The fraction of sp³-hybridized carbons (Fsp3) is 0.235. The van der Waals surface area contributed by atoms with Crippen molar-refractivity contribution in [1.82, 2.24) is 0 Å². The molecule has 0 fully saturated rings. The zero-order valence-electron chi connectivity index (χ0n) is 11.3. The third-order valence-electron chi connectivity index (χ3n) is 3.50. The second-order valence-corrected chi connectivity index (χ2v) is 5.87. The number of oxime groups is 1. The molecule has 0 amide bonds. The summed E-state index contributed by atoms with van der Waals surface area (Å²) >= 11 is 6.03. The molecule has 102 valence electrons. The molecule has 1 atom stereocenters. The van der Waals surface area contributed by atoms with E-state index < -0.39 is 0 Å². The molecule has 0 saturated carbocycles. The maximum atomic E-state index is 6.03. The van der Waals surface area contributed by atoms with Gasteiger partial charge in [-0.2, -0.15) is 0 Å².